The van der Waals surface area contributed by atoms with E-state index in [1.54, 1.807) is 0 Å². The maximum atomic E-state index is 12.8. The molecule has 0 heterocycles. The van der Waals surface area contributed by atoms with Gasteiger partial charge < -0.3 is 14.2 Å². The van der Waals surface area contributed by atoms with Gasteiger partial charge >= 0.3 is 17.9 Å². The van der Waals surface area contributed by atoms with Crippen molar-refractivity contribution >= 4 is 17.9 Å². The first-order valence-electron chi connectivity index (χ1n) is 27.3. The molecule has 0 aromatic carbocycles. The van der Waals surface area contributed by atoms with Crippen LogP contribution in [0.2, 0.25) is 0 Å². The van der Waals surface area contributed by atoms with E-state index in [4.69, 9.17) is 14.2 Å². The molecule has 0 radical (unpaired) electrons. The number of esters is 3. The van der Waals surface area contributed by atoms with Crippen molar-refractivity contribution in [1.82, 2.24) is 0 Å². The van der Waals surface area contributed by atoms with E-state index in [1.807, 2.05) is 12.2 Å². The van der Waals surface area contributed by atoms with Gasteiger partial charge in [-0.25, -0.2) is 0 Å². The first-order chi connectivity index (χ1) is 34.0. The van der Waals surface area contributed by atoms with Crippen LogP contribution in [0.4, 0.5) is 0 Å². The number of hydrogen-bond acceptors (Lipinski definition) is 6. The average molecular weight is 951 g/mol. The van der Waals surface area contributed by atoms with Crippen molar-refractivity contribution in [1.29, 1.82) is 0 Å². The molecule has 0 aromatic heterocycles. The van der Waals surface area contributed by atoms with E-state index in [1.165, 1.54) is 51.4 Å². The summed E-state index contributed by atoms with van der Waals surface area (Å²) in [7, 11) is 0. The fourth-order valence-corrected chi connectivity index (χ4v) is 6.72. The highest BCUT2D eigenvalue weighted by Crippen LogP contribution is 2.11. The van der Waals surface area contributed by atoms with E-state index >= 15 is 0 Å². The predicted molar refractivity (Wildman–Crippen MR) is 297 cm³/mol. The van der Waals surface area contributed by atoms with Gasteiger partial charge in [0.1, 0.15) is 13.2 Å². The fraction of sp³-hybridized carbons (Fsp3) is 0.571. The molecule has 1 atom stereocenters. The monoisotopic (exact) mass is 951 g/mol. The lowest BCUT2D eigenvalue weighted by atomic mass is 10.1. The van der Waals surface area contributed by atoms with Gasteiger partial charge in [-0.3, -0.25) is 14.4 Å². The Kier molecular flexibility index (Phi) is 52.1. The van der Waals surface area contributed by atoms with Crippen molar-refractivity contribution in [2.24, 2.45) is 0 Å². The summed E-state index contributed by atoms with van der Waals surface area (Å²) in [5.41, 5.74) is 0. The maximum absolute atomic E-state index is 12.8. The molecular weight excluding hydrogens is 853 g/mol. The molecule has 0 saturated carbocycles. The largest absolute Gasteiger partial charge is 0.462 e. The van der Waals surface area contributed by atoms with E-state index in [0.29, 0.717) is 19.3 Å². The molecule has 0 aliphatic carbocycles. The lowest BCUT2D eigenvalue weighted by molar-refractivity contribution is -0.166. The Bertz CT molecular complexity index is 1560. The minimum absolute atomic E-state index is 0.138. The van der Waals surface area contributed by atoms with Crippen LogP contribution < -0.4 is 0 Å². The quantitative estimate of drug-likeness (QED) is 0.0262. The molecule has 6 nitrogen and oxygen atoms in total. The molecule has 0 rings (SSSR count). The molecule has 6 heteroatoms. The Balaban J connectivity index is 4.64. The lowest BCUT2D eigenvalue weighted by Crippen LogP contribution is -2.30. The molecular formula is C63H98O6. The Labute approximate surface area is 423 Å². The average Bonchev–Trinajstić information content (AvgIpc) is 3.35. The van der Waals surface area contributed by atoms with Crippen LogP contribution in [-0.4, -0.2) is 37.2 Å². The third kappa shape index (κ3) is 54.1. The van der Waals surface area contributed by atoms with Gasteiger partial charge in [0, 0.05) is 19.3 Å². The number of rotatable bonds is 47. The van der Waals surface area contributed by atoms with Gasteiger partial charge in [-0.15, -0.1) is 0 Å². The molecule has 0 amide bonds. The molecule has 0 aliphatic heterocycles. The fourth-order valence-electron chi connectivity index (χ4n) is 6.72. The van der Waals surface area contributed by atoms with Crippen molar-refractivity contribution < 1.29 is 28.6 Å². The van der Waals surface area contributed by atoms with Crippen LogP contribution in [0.15, 0.2) is 146 Å². The van der Waals surface area contributed by atoms with Gasteiger partial charge in [-0.1, -0.05) is 212 Å². The van der Waals surface area contributed by atoms with E-state index in [0.717, 1.165) is 109 Å². The van der Waals surface area contributed by atoms with Crippen LogP contribution in [-0.2, 0) is 28.6 Å². The van der Waals surface area contributed by atoms with Crippen LogP contribution in [0, 0.1) is 0 Å². The van der Waals surface area contributed by atoms with Gasteiger partial charge in [0.25, 0.3) is 0 Å². The summed E-state index contributed by atoms with van der Waals surface area (Å²) in [5.74, 6) is -1.11. The highest BCUT2D eigenvalue weighted by Gasteiger charge is 2.19. The molecule has 0 saturated heterocycles. The summed E-state index contributed by atoms with van der Waals surface area (Å²) in [5, 5.41) is 0. The molecule has 0 aromatic rings. The van der Waals surface area contributed by atoms with Gasteiger partial charge in [-0.05, 0) is 128 Å². The van der Waals surface area contributed by atoms with Crippen molar-refractivity contribution in [2.75, 3.05) is 13.2 Å². The second kappa shape index (κ2) is 55.9. The number of ether oxygens (including phenoxy) is 3. The normalized spacial score (nSPS) is 13.3. The Morgan fingerprint density at radius 2 is 0.609 bits per heavy atom. The Morgan fingerprint density at radius 1 is 0.304 bits per heavy atom. The lowest BCUT2D eigenvalue weighted by Gasteiger charge is -2.18. The number of allylic oxidation sites excluding steroid dienone is 24. The highest BCUT2D eigenvalue weighted by molar-refractivity contribution is 5.71. The van der Waals surface area contributed by atoms with Crippen LogP contribution in [0.3, 0.4) is 0 Å². The summed E-state index contributed by atoms with van der Waals surface area (Å²) in [4.78, 5) is 38.0. The van der Waals surface area contributed by atoms with Crippen LogP contribution in [0.1, 0.15) is 213 Å². The minimum Gasteiger partial charge on any atom is -0.462 e. The first-order valence-corrected chi connectivity index (χ1v) is 27.3. The minimum atomic E-state index is -0.851. The van der Waals surface area contributed by atoms with Crippen molar-refractivity contribution in [3.05, 3.63) is 146 Å². The van der Waals surface area contributed by atoms with Crippen LogP contribution >= 0.6 is 0 Å². The summed E-state index contributed by atoms with van der Waals surface area (Å²) in [6, 6.07) is 0. The second-order valence-corrected chi connectivity index (χ2v) is 17.4. The van der Waals surface area contributed by atoms with E-state index in [2.05, 4.69) is 154 Å². The number of carbonyl (C=O) groups is 3. The van der Waals surface area contributed by atoms with Gasteiger partial charge in [0.05, 0.1) is 0 Å². The van der Waals surface area contributed by atoms with Gasteiger partial charge in [0.15, 0.2) is 6.10 Å². The summed E-state index contributed by atoms with van der Waals surface area (Å²) in [6.07, 6.45) is 79.9. The SMILES string of the molecule is CC/C=C\C/C=C\C/C=C\CCCCCCCC(=O)OC[C@H](COC(=O)CC/C=C\C/C=C\C/C=C\C/C=C\C/C=C\CCCCC)OC(=O)CCC/C=C\C/C=C\C/C=C\C/C=C\CCCCC. The van der Waals surface area contributed by atoms with E-state index in [-0.39, 0.29) is 38.0 Å². The number of unbranched alkanes of at least 4 members (excludes halogenated alkanes) is 12. The topological polar surface area (TPSA) is 78.9 Å². The van der Waals surface area contributed by atoms with Crippen molar-refractivity contribution in [3.8, 4) is 0 Å². The summed E-state index contributed by atoms with van der Waals surface area (Å²) < 4.78 is 16.7. The third-order valence-electron chi connectivity index (χ3n) is 10.8. The molecule has 69 heavy (non-hydrogen) atoms. The molecule has 386 valence electrons. The molecule has 0 fully saturated rings. The molecule has 0 N–H and O–H groups in total. The zero-order chi connectivity index (χ0) is 50.0. The molecule has 0 bridgehead atoms. The zero-order valence-electron chi connectivity index (χ0n) is 44.0. The smallest absolute Gasteiger partial charge is 0.306 e. The van der Waals surface area contributed by atoms with Crippen molar-refractivity contribution in [3.63, 3.8) is 0 Å². The Morgan fingerprint density at radius 3 is 1.01 bits per heavy atom. The Hall–Kier alpha value is -4.71. The van der Waals surface area contributed by atoms with Crippen molar-refractivity contribution in [2.45, 2.75) is 219 Å². The molecule has 0 unspecified atom stereocenters. The summed E-state index contributed by atoms with van der Waals surface area (Å²) >= 11 is 0. The van der Waals surface area contributed by atoms with E-state index in [9.17, 15) is 14.4 Å². The van der Waals surface area contributed by atoms with Crippen LogP contribution in [0.5, 0.6) is 0 Å². The summed E-state index contributed by atoms with van der Waals surface area (Å²) in [6.45, 7) is 6.32. The standard InChI is InChI=1S/C63H98O6/c1-4-7-10-13-16-19-22-25-28-30-31-33-35-38-41-44-47-50-53-56-62(65)68-59-60(58-67-61(64)55-52-49-46-43-40-37-34-27-24-21-18-15-12-9-6-3)69-63(66)57-54-51-48-45-42-39-36-32-29-26-23-20-17-14-11-8-5-2/h9,12,16-21,25-29,31,33-34,36,38-39,41,45,47-48,50,60H,4-8,10-11,13-15,22-24,30,32,35,37,40,42-44,46,49,51-59H2,1-3H3/b12-9-,19-16-,20-17-,21-18-,28-25-,29-26-,33-31-,34-27-,39-36-,41-38-,48-45-,50-47-/t60-/m1/s1. The molecule has 0 aliphatic rings. The number of hydrogen-bond donors (Lipinski definition) is 0. The van der Waals surface area contributed by atoms with E-state index < -0.39 is 12.1 Å². The van der Waals surface area contributed by atoms with Gasteiger partial charge in [-0.2, -0.15) is 0 Å². The zero-order valence-corrected chi connectivity index (χ0v) is 44.0. The second-order valence-electron chi connectivity index (χ2n) is 17.4. The highest BCUT2D eigenvalue weighted by atomic mass is 16.6. The van der Waals surface area contributed by atoms with Gasteiger partial charge in [0.2, 0.25) is 0 Å². The van der Waals surface area contributed by atoms with Crippen LogP contribution in [0.25, 0.3) is 0 Å². The number of carbonyl (C=O) groups excluding carboxylic acids is 3. The third-order valence-corrected chi connectivity index (χ3v) is 10.8. The maximum Gasteiger partial charge on any atom is 0.306 e. The first kappa shape index (κ1) is 64.3. The molecule has 0 spiro atoms. The predicted octanol–water partition coefficient (Wildman–Crippen LogP) is 18.4.